The van der Waals surface area contributed by atoms with Crippen molar-refractivity contribution in [1.82, 2.24) is 4.90 Å². The number of hydrogen-bond acceptors (Lipinski definition) is 4. The van der Waals surface area contributed by atoms with Gasteiger partial charge >= 0.3 is 0 Å². The van der Waals surface area contributed by atoms with Crippen molar-refractivity contribution < 1.29 is 9.25 Å². The smallest absolute Gasteiger partial charge is 0.177 e. The van der Waals surface area contributed by atoms with Crippen LogP contribution in [0.3, 0.4) is 0 Å². The van der Waals surface area contributed by atoms with E-state index in [1.807, 2.05) is 6.26 Å². The van der Waals surface area contributed by atoms with Gasteiger partial charge in [0.1, 0.15) is 5.76 Å². The van der Waals surface area contributed by atoms with Crippen LogP contribution in [0.4, 0.5) is 0 Å². The van der Waals surface area contributed by atoms with Crippen molar-refractivity contribution in [2.24, 2.45) is 10.6 Å². The summed E-state index contributed by atoms with van der Waals surface area (Å²) in [6.45, 7) is 16.4. The van der Waals surface area contributed by atoms with Crippen molar-refractivity contribution in [3.05, 3.63) is 23.2 Å². The van der Waals surface area contributed by atoms with Gasteiger partial charge in [-0.05, 0) is 52.0 Å². The van der Waals surface area contributed by atoms with Crippen LogP contribution in [0.5, 0.6) is 0 Å². The fourth-order valence-electron chi connectivity index (χ4n) is 3.43. The fourth-order valence-corrected chi connectivity index (χ4v) is 3.43. The zero-order valence-electron chi connectivity index (χ0n) is 16.8. The van der Waals surface area contributed by atoms with Crippen LogP contribution in [-0.2, 0) is 11.3 Å². The predicted molar refractivity (Wildman–Crippen MR) is 103 cm³/mol. The summed E-state index contributed by atoms with van der Waals surface area (Å²) in [6, 6.07) is 0.977. The molecule has 0 radical (unpaired) electrons. The number of furan rings is 1. The first-order valence-corrected chi connectivity index (χ1v) is 9.19. The summed E-state index contributed by atoms with van der Waals surface area (Å²) in [4.78, 5) is 7.86. The molecule has 0 fully saturated rings. The summed E-state index contributed by atoms with van der Waals surface area (Å²) >= 11 is 0. The highest BCUT2D eigenvalue weighted by Gasteiger charge is 2.33. The highest BCUT2D eigenvalue weighted by atomic mass is 16.6. The molecule has 1 heterocycles. The van der Waals surface area contributed by atoms with Crippen LogP contribution in [0.25, 0.3) is 0 Å². The van der Waals surface area contributed by atoms with Crippen LogP contribution >= 0.6 is 0 Å². The standard InChI is InChI=1S/C21H32N2O2/c1-15(2)23(16(3)4)10-8-9-11-25-22-18-12-21(6,7)13-19-20(18)17(5)14-24-19/h14-16H,10-13H2,1-7H3/b22-18+. The first-order valence-electron chi connectivity index (χ1n) is 9.19. The van der Waals surface area contributed by atoms with Gasteiger partial charge in [0.15, 0.2) is 6.61 Å². The first kappa shape index (κ1) is 19.6. The van der Waals surface area contributed by atoms with Gasteiger partial charge in [0, 0.05) is 24.1 Å². The van der Waals surface area contributed by atoms with E-state index in [9.17, 15) is 0 Å². The van der Waals surface area contributed by atoms with Gasteiger partial charge in [0.2, 0.25) is 0 Å². The molecule has 0 atom stereocenters. The number of fused-ring (bicyclic) bond motifs is 1. The summed E-state index contributed by atoms with van der Waals surface area (Å²) in [5.41, 5.74) is 3.37. The molecular formula is C21H32N2O2. The second-order valence-electron chi connectivity index (χ2n) is 8.26. The molecule has 0 spiro atoms. The molecule has 0 aromatic carbocycles. The van der Waals surface area contributed by atoms with Crippen molar-refractivity contribution in [1.29, 1.82) is 0 Å². The molecule has 1 aromatic heterocycles. The molecule has 1 aliphatic carbocycles. The zero-order chi connectivity index (χ0) is 18.6. The molecule has 1 aromatic rings. The van der Waals surface area contributed by atoms with Crippen LogP contribution in [0.2, 0.25) is 0 Å². The summed E-state index contributed by atoms with van der Waals surface area (Å²) in [5.74, 6) is 7.28. The van der Waals surface area contributed by atoms with E-state index in [1.54, 1.807) is 0 Å². The van der Waals surface area contributed by atoms with Crippen molar-refractivity contribution in [3.63, 3.8) is 0 Å². The Morgan fingerprint density at radius 2 is 1.88 bits per heavy atom. The normalized spacial score (nSPS) is 17.8. The van der Waals surface area contributed by atoms with Gasteiger partial charge in [0.05, 0.1) is 18.5 Å². The Hall–Kier alpha value is -1.73. The van der Waals surface area contributed by atoms with Crippen LogP contribution in [0.1, 0.15) is 64.9 Å². The lowest BCUT2D eigenvalue weighted by Crippen LogP contribution is -2.37. The van der Waals surface area contributed by atoms with Gasteiger partial charge < -0.3 is 9.25 Å². The average molecular weight is 344 g/mol. The lowest BCUT2D eigenvalue weighted by molar-refractivity contribution is 0.176. The van der Waals surface area contributed by atoms with Crippen molar-refractivity contribution in [3.8, 4) is 11.8 Å². The van der Waals surface area contributed by atoms with E-state index in [0.29, 0.717) is 18.7 Å². The maximum Gasteiger partial charge on any atom is 0.177 e. The van der Waals surface area contributed by atoms with Crippen LogP contribution in [0, 0.1) is 24.2 Å². The van der Waals surface area contributed by atoms with Crippen LogP contribution in [0.15, 0.2) is 15.8 Å². The van der Waals surface area contributed by atoms with Gasteiger partial charge in [-0.3, -0.25) is 4.90 Å². The molecule has 0 saturated heterocycles. The third kappa shape index (κ3) is 5.12. The average Bonchev–Trinajstić information content (AvgIpc) is 2.85. The largest absolute Gasteiger partial charge is 0.468 e. The molecule has 0 saturated carbocycles. The van der Waals surface area contributed by atoms with E-state index < -0.39 is 0 Å². The number of rotatable bonds is 5. The summed E-state index contributed by atoms with van der Waals surface area (Å²) in [7, 11) is 0. The third-order valence-corrected chi connectivity index (χ3v) is 4.65. The lowest BCUT2D eigenvalue weighted by atomic mass is 9.75. The van der Waals surface area contributed by atoms with Crippen molar-refractivity contribution in [2.75, 3.05) is 13.2 Å². The number of hydrogen-bond donors (Lipinski definition) is 0. The topological polar surface area (TPSA) is 38.0 Å². The van der Waals surface area contributed by atoms with Gasteiger partial charge in [-0.1, -0.05) is 30.8 Å². The Balaban J connectivity index is 1.97. The first-order chi connectivity index (χ1) is 11.7. The molecule has 0 unspecified atom stereocenters. The van der Waals surface area contributed by atoms with Crippen molar-refractivity contribution in [2.45, 2.75) is 73.4 Å². The number of nitrogens with zero attached hydrogens (tertiary/aromatic N) is 2. The van der Waals surface area contributed by atoms with E-state index in [1.165, 1.54) is 0 Å². The molecule has 25 heavy (non-hydrogen) atoms. The highest BCUT2D eigenvalue weighted by molar-refractivity contribution is 6.03. The van der Waals surface area contributed by atoms with E-state index in [0.717, 1.165) is 42.0 Å². The second-order valence-corrected chi connectivity index (χ2v) is 8.26. The van der Waals surface area contributed by atoms with E-state index in [-0.39, 0.29) is 5.41 Å². The lowest BCUT2D eigenvalue weighted by Gasteiger charge is -2.29. The molecule has 0 amide bonds. The Labute approximate surface area is 152 Å². The summed E-state index contributed by atoms with van der Waals surface area (Å²) in [6.07, 6.45) is 3.64. The quantitative estimate of drug-likeness (QED) is 0.451. The van der Waals surface area contributed by atoms with E-state index >= 15 is 0 Å². The number of aryl methyl sites for hydroxylation is 1. The molecule has 0 aliphatic heterocycles. The predicted octanol–water partition coefficient (Wildman–Crippen LogP) is 4.40. The Morgan fingerprint density at radius 1 is 1.20 bits per heavy atom. The minimum absolute atomic E-state index is 0.139. The van der Waals surface area contributed by atoms with Gasteiger partial charge in [-0.25, -0.2) is 0 Å². The summed E-state index contributed by atoms with van der Waals surface area (Å²) < 4.78 is 5.70. The molecule has 0 N–H and O–H groups in total. The van der Waals surface area contributed by atoms with E-state index in [2.05, 4.69) is 70.4 Å². The minimum atomic E-state index is 0.139. The Bertz CT molecular complexity index is 664. The third-order valence-electron chi connectivity index (χ3n) is 4.65. The van der Waals surface area contributed by atoms with Gasteiger partial charge in [-0.15, -0.1) is 0 Å². The fraction of sp³-hybridized carbons (Fsp3) is 0.667. The van der Waals surface area contributed by atoms with Crippen LogP contribution < -0.4 is 0 Å². The molecule has 0 bridgehead atoms. The molecule has 1 aliphatic rings. The minimum Gasteiger partial charge on any atom is -0.468 e. The Morgan fingerprint density at radius 3 is 2.52 bits per heavy atom. The SMILES string of the molecule is Cc1coc2c1/C(=N/OCC#CCN(C(C)C)C(C)C)CC(C)(C)C2. The number of oxime groups is 1. The van der Waals surface area contributed by atoms with Crippen molar-refractivity contribution >= 4 is 5.71 Å². The summed E-state index contributed by atoms with van der Waals surface area (Å²) in [5, 5.41) is 4.38. The maximum atomic E-state index is 5.70. The Kier molecular flexibility index (Phi) is 6.35. The van der Waals surface area contributed by atoms with Gasteiger partial charge in [0.25, 0.3) is 0 Å². The monoisotopic (exact) mass is 344 g/mol. The van der Waals surface area contributed by atoms with Crippen LogP contribution in [-0.4, -0.2) is 35.8 Å². The van der Waals surface area contributed by atoms with Gasteiger partial charge in [-0.2, -0.15) is 0 Å². The second kappa shape index (κ2) is 8.10. The highest BCUT2D eigenvalue weighted by Crippen LogP contribution is 2.37. The molecule has 138 valence electrons. The molecule has 4 heteroatoms. The molecule has 4 nitrogen and oxygen atoms in total. The maximum absolute atomic E-state index is 5.70. The molecule has 2 rings (SSSR count). The zero-order valence-corrected chi connectivity index (χ0v) is 16.8. The van der Waals surface area contributed by atoms with E-state index in [4.69, 9.17) is 9.25 Å². The molecular weight excluding hydrogens is 312 g/mol.